The molecule has 4 heterocycles. The van der Waals surface area contributed by atoms with Crippen LogP contribution in [0.4, 0.5) is 10.2 Å². The van der Waals surface area contributed by atoms with Crippen LogP contribution in [0.25, 0.3) is 28.0 Å². The monoisotopic (exact) mass is 589 g/mol. The molecule has 216 valence electrons. The normalized spacial score (nSPS) is 15.7. The van der Waals surface area contributed by atoms with Gasteiger partial charge in [0.15, 0.2) is 11.9 Å². The van der Waals surface area contributed by atoms with Crippen LogP contribution >= 0.6 is 11.6 Å². The molecule has 0 aliphatic carbocycles. The Morgan fingerprint density at radius 2 is 2.00 bits per heavy atom. The molecule has 1 aliphatic rings. The first-order valence-electron chi connectivity index (χ1n) is 14.0. The van der Waals surface area contributed by atoms with Crippen LogP contribution in [0.3, 0.4) is 0 Å². The number of amides is 1. The molecule has 1 fully saturated rings. The summed E-state index contributed by atoms with van der Waals surface area (Å²) < 4.78 is 24.0. The van der Waals surface area contributed by atoms with E-state index < -0.39 is 17.8 Å². The molecule has 0 unspecified atom stereocenters. The van der Waals surface area contributed by atoms with Crippen LogP contribution in [-0.4, -0.2) is 62.3 Å². The van der Waals surface area contributed by atoms with Gasteiger partial charge in [0.2, 0.25) is 5.91 Å². The summed E-state index contributed by atoms with van der Waals surface area (Å²) in [5.74, 6) is -0.653. The van der Waals surface area contributed by atoms with E-state index >= 15 is 0 Å². The lowest BCUT2D eigenvalue weighted by Gasteiger charge is -2.40. The molecular formula is C31H30ClFN6O3. The molecule has 0 N–H and O–H groups in total. The van der Waals surface area contributed by atoms with Gasteiger partial charge in [-0.2, -0.15) is 4.98 Å². The molecule has 1 aliphatic heterocycles. The summed E-state index contributed by atoms with van der Waals surface area (Å²) in [6.45, 7) is 11.9. The number of aldehydes is 1. The summed E-state index contributed by atoms with van der Waals surface area (Å²) in [4.78, 5) is 55.7. The molecule has 0 saturated carbocycles. The summed E-state index contributed by atoms with van der Waals surface area (Å²) in [5.41, 5.74) is 0.904. The van der Waals surface area contributed by atoms with Gasteiger partial charge in [-0.05, 0) is 31.9 Å². The van der Waals surface area contributed by atoms with Gasteiger partial charge >= 0.3 is 5.69 Å². The largest absolute Gasteiger partial charge is 0.355 e. The molecule has 42 heavy (non-hydrogen) atoms. The maximum atomic E-state index is 15.0. The molecule has 9 nitrogen and oxygen atoms in total. The first-order valence-corrected chi connectivity index (χ1v) is 13.9. The van der Waals surface area contributed by atoms with Crippen molar-refractivity contribution in [1.82, 2.24) is 24.4 Å². The number of halogens is 2. The predicted molar refractivity (Wildman–Crippen MR) is 161 cm³/mol. The Kier molecular flexibility index (Phi) is 7.55. The molecule has 4 aromatic rings. The number of aromatic nitrogens is 4. The Balaban J connectivity index is 1.85. The lowest BCUT2D eigenvalue weighted by molar-refractivity contribution is -0.126. The smallest absolute Gasteiger partial charge is 0.350 e. The number of hydrogen-bond acceptors (Lipinski definition) is 7. The molecule has 0 radical (unpaired) electrons. The van der Waals surface area contributed by atoms with E-state index in [1.165, 1.54) is 16.7 Å². The minimum Gasteiger partial charge on any atom is -0.350 e. The van der Waals surface area contributed by atoms with Crippen molar-refractivity contribution < 1.29 is 15.4 Å². The fourth-order valence-corrected chi connectivity index (χ4v) is 5.64. The predicted octanol–water partition coefficient (Wildman–Crippen LogP) is 5.10. The quantitative estimate of drug-likeness (QED) is 0.228. The summed E-state index contributed by atoms with van der Waals surface area (Å²) in [6.07, 6.45) is 1.47. The van der Waals surface area contributed by atoms with Crippen LogP contribution in [-0.2, 0) is 4.79 Å². The van der Waals surface area contributed by atoms with Crippen molar-refractivity contribution in [3.05, 3.63) is 87.3 Å². The van der Waals surface area contributed by atoms with Crippen LogP contribution in [0.5, 0.6) is 0 Å². The number of rotatable bonds is 6. The van der Waals surface area contributed by atoms with E-state index in [0.29, 0.717) is 42.1 Å². The third kappa shape index (κ3) is 4.96. The van der Waals surface area contributed by atoms with Gasteiger partial charge in [0, 0.05) is 42.4 Å². The van der Waals surface area contributed by atoms with E-state index in [-0.39, 0.29) is 51.0 Å². The van der Waals surface area contributed by atoms with Gasteiger partial charge in [-0.1, -0.05) is 56.3 Å². The maximum Gasteiger partial charge on any atom is 0.355 e. The van der Waals surface area contributed by atoms with Gasteiger partial charge in [-0.3, -0.25) is 14.6 Å². The third-order valence-corrected chi connectivity index (χ3v) is 7.81. The van der Waals surface area contributed by atoms with Crippen molar-refractivity contribution in [1.29, 1.82) is 0 Å². The molecule has 11 heteroatoms. The second kappa shape index (κ2) is 11.4. The number of pyridine rings is 2. The fraction of sp³-hybridized carbons (Fsp3) is 0.290. The lowest BCUT2D eigenvalue weighted by Crippen LogP contribution is -2.54. The summed E-state index contributed by atoms with van der Waals surface area (Å²) >= 11 is 6.82. The van der Waals surface area contributed by atoms with E-state index in [1.807, 2.05) is 25.7 Å². The van der Waals surface area contributed by atoms with E-state index in [0.717, 1.165) is 6.20 Å². The molecule has 1 amide bonds. The minimum absolute atomic E-state index is 0.0857. The number of nitrogens with zero attached hydrogens (tertiary/aromatic N) is 6. The van der Waals surface area contributed by atoms with Crippen LogP contribution < -0.4 is 10.6 Å². The van der Waals surface area contributed by atoms with Crippen LogP contribution in [0.15, 0.2) is 54.0 Å². The minimum atomic E-state index is -0.922. The zero-order chi connectivity index (χ0) is 31.2. The maximum absolute atomic E-state index is 15.0. The number of hydrogen-bond donors (Lipinski definition) is 0. The Morgan fingerprint density at radius 1 is 1.26 bits per heavy atom. The first kappa shape index (κ1) is 27.7. The lowest BCUT2D eigenvalue weighted by atomic mass is 10.0. The van der Waals surface area contributed by atoms with Gasteiger partial charge in [0.05, 0.1) is 33.7 Å². The van der Waals surface area contributed by atoms with Crippen molar-refractivity contribution in [2.45, 2.75) is 39.7 Å². The number of fused-ring (bicyclic) bond motifs is 1. The van der Waals surface area contributed by atoms with E-state index in [1.54, 1.807) is 36.1 Å². The average Bonchev–Trinajstić information content (AvgIpc) is 2.98. The number of carbonyl (C=O) groups excluding carboxylic acids is 2. The number of carbonyl (C=O) groups is 2. The van der Waals surface area contributed by atoms with Gasteiger partial charge in [-0.15, -0.1) is 0 Å². The zero-order valence-corrected chi connectivity index (χ0v) is 24.4. The van der Waals surface area contributed by atoms with Crippen molar-refractivity contribution in [2.75, 3.05) is 24.5 Å². The van der Waals surface area contributed by atoms with E-state index in [2.05, 4.69) is 16.5 Å². The van der Waals surface area contributed by atoms with Crippen molar-refractivity contribution in [3.63, 3.8) is 0 Å². The van der Waals surface area contributed by atoms with E-state index in [4.69, 9.17) is 18.0 Å². The zero-order valence-electron chi connectivity index (χ0n) is 24.7. The number of benzene rings is 1. The molecule has 5 rings (SSSR count). The van der Waals surface area contributed by atoms with Gasteiger partial charge < -0.3 is 9.80 Å². The van der Waals surface area contributed by atoms with E-state index in [9.17, 15) is 18.8 Å². The standard InChI is InChI=1S/C31H30ClFN6O3/c1-6-25(41)37-11-12-38(18(4)15-37)29-22-13-23(32)27(21-10-8-7-9-20(21)16-40)35-30(22)39(31(42)36-29)28-19(5)24(33)14-34-26(28)17(2)3/h6-10,13-14,16-18H,1,11-12,15H2,2-5H3/t18-/m0/s1/i16D. The van der Waals surface area contributed by atoms with Gasteiger partial charge in [-0.25, -0.2) is 18.7 Å². The van der Waals surface area contributed by atoms with Gasteiger partial charge in [0.1, 0.15) is 13.0 Å². The van der Waals surface area contributed by atoms with Crippen LogP contribution in [0.1, 0.15) is 49.7 Å². The third-order valence-electron chi connectivity index (χ3n) is 7.52. The molecule has 1 saturated heterocycles. The first-order chi connectivity index (χ1) is 20.4. The SMILES string of the molecule is [2H]C(=O)c1ccccc1-c1nc2c(cc1Cl)c(N1CCN(C(=O)C=C)C[C@@H]1C)nc(=O)n2-c1c(C(C)C)ncc(F)c1C. The highest BCUT2D eigenvalue weighted by molar-refractivity contribution is 6.34. The topological polar surface area (TPSA) is 101 Å². The summed E-state index contributed by atoms with van der Waals surface area (Å²) in [5, 5.41) is 0.581. The van der Waals surface area contributed by atoms with Crippen molar-refractivity contribution in [2.24, 2.45) is 0 Å². The molecule has 1 aromatic carbocycles. The number of piperazine rings is 1. The Bertz CT molecular complexity index is 1860. The van der Waals surface area contributed by atoms with Crippen molar-refractivity contribution >= 4 is 40.6 Å². The molecule has 0 spiro atoms. The molecule has 3 aromatic heterocycles. The highest BCUT2D eigenvalue weighted by atomic mass is 35.5. The fourth-order valence-electron chi connectivity index (χ4n) is 5.39. The summed E-state index contributed by atoms with van der Waals surface area (Å²) in [6, 6.07) is 7.84. The summed E-state index contributed by atoms with van der Waals surface area (Å²) in [7, 11) is 0. The van der Waals surface area contributed by atoms with Crippen LogP contribution in [0.2, 0.25) is 5.02 Å². The Hall–Kier alpha value is -4.44. The highest BCUT2D eigenvalue weighted by Crippen LogP contribution is 2.36. The Morgan fingerprint density at radius 3 is 2.67 bits per heavy atom. The van der Waals surface area contributed by atoms with Crippen LogP contribution in [0, 0.1) is 12.7 Å². The molecule has 0 bridgehead atoms. The second-order valence-corrected chi connectivity index (χ2v) is 10.9. The highest BCUT2D eigenvalue weighted by Gasteiger charge is 2.31. The molecular weight excluding hydrogens is 559 g/mol. The average molecular weight is 590 g/mol. The second-order valence-electron chi connectivity index (χ2n) is 10.5. The Labute approximate surface area is 248 Å². The number of anilines is 1. The van der Waals surface area contributed by atoms with Gasteiger partial charge in [0.25, 0.3) is 0 Å². The van der Waals surface area contributed by atoms with Crippen molar-refractivity contribution in [3.8, 4) is 16.9 Å². The molecule has 1 atom stereocenters.